The SMILES string of the molecule is CC1CNCCC1NCc1cccc2c1C(=O)N(C1CCC(=O)NC1=O)C2. The van der Waals surface area contributed by atoms with Gasteiger partial charge in [0.2, 0.25) is 11.8 Å². The van der Waals surface area contributed by atoms with E-state index in [9.17, 15) is 14.4 Å². The standard InChI is InChI=1S/C20H26N4O3/c1-12-9-21-8-7-15(12)22-10-13-3-2-4-14-11-24(20(27)18(13)14)16-5-6-17(25)23-19(16)26/h2-4,12,15-16,21-22H,5-11H2,1H3,(H,23,25,26). The Morgan fingerprint density at radius 2 is 2.07 bits per heavy atom. The normalized spacial score (nSPS) is 28.3. The van der Waals surface area contributed by atoms with Gasteiger partial charge in [-0.2, -0.15) is 0 Å². The average molecular weight is 370 g/mol. The molecule has 0 spiro atoms. The van der Waals surface area contributed by atoms with Gasteiger partial charge in [-0.05, 0) is 43.0 Å². The van der Waals surface area contributed by atoms with E-state index in [2.05, 4.69) is 22.9 Å². The molecule has 2 fully saturated rings. The molecule has 3 aliphatic rings. The van der Waals surface area contributed by atoms with E-state index in [1.54, 1.807) is 4.90 Å². The molecule has 2 saturated heterocycles. The van der Waals surface area contributed by atoms with Gasteiger partial charge in [0.05, 0.1) is 0 Å². The van der Waals surface area contributed by atoms with E-state index in [0.29, 0.717) is 31.5 Å². The van der Waals surface area contributed by atoms with Gasteiger partial charge in [-0.25, -0.2) is 0 Å². The zero-order chi connectivity index (χ0) is 19.0. The summed E-state index contributed by atoms with van der Waals surface area (Å²) in [5.41, 5.74) is 2.66. The number of amides is 3. The number of fused-ring (bicyclic) bond motifs is 1. The molecule has 0 aromatic heterocycles. The summed E-state index contributed by atoms with van der Waals surface area (Å²) in [7, 11) is 0. The Hall–Kier alpha value is -2.25. The zero-order valence-electron chi connectivity index (χ0n) is 15.6. The van der Waals surface area contributed by atoms with Crippen molar-refractivity contribution in [3.63, 3.8) is 0 Å². The number of hydrogen-bond donors (Lipinski definition) is 3. The van der Waals surface area contributed by atoms with Crippen molar-refractivity contribution in [3.05, 3.63) is 34.9 Å². The number of nitrogens with zero attached hydrogens (tertiary/aromatic N) is 1. The molecule has 4 rings (SSSR count). The summed E-state index contributed by atoms with van der Waals surface area (Å²) < 4.78 is 0. The molecule has 1 aromatic rings. The third kappa shape index (κ3) is 3.49. The van der Waals surface area contributed by atoms with Crippen LogP contribution in [-0.4, -0.2) is 47.8 Å². The minimum absolute atomic E-state index is 0.102. The third-order valence-electron chi connectivity index (χ3n) is 5.98. The van der Waals surface area contributed by atoms with Crippen molar-refractivity contribution >= 4 is 17.7 Å². The fourth-order valence-electron chi connectivity index (χ4n) is 4.40. The van der Waals surface area contributed by atoms with Crippen molar-refractivity contribution in [2.24, 2.45) is 5.92 Å². The molecule has 7 nitrogen and oxygen atoms in total. The van der Waals surface area contributed by atoms with Crippen molar-refractivity contribution in [3.8, 4) is 0 Å². The number of hydrogen-bond acceptors (Lipinski definition) is 5. The molecule has 144 valence electrons. The van der Waals surface area contributed by atoms with E-state index in [0.717, 1.165) is 36.2 Å². The van der Waals surface area contributed by atoms with E-state index in [1.807, 2.05) is 18.2 Å². The van der Waals surface area contributed by atoms with E-state index in [-0.39, 0.29) is 24.1 Å². The van der Waals surface area contributed by atoms with Gasteiger partial charge in [0.25, 0.3) is 5.91 Å². The smallest absolute Gasteiger partial charge is 0.255 e. The molecule has 3 heterocycles. The van der Waals surface area contributed by atoms with Crippen LogP contribution in [0, 0.1) is 5.92 Å². The molecule has 0 bridgehead atoms. The molecular formula is C20H26N4O3. The number of piperidine rings is 2. The van der Waals surface area contributed by atoms with Crippen LogP contribution in [0.5, 0.6) is 0 Å². The van der Waals surface area contributed by atoms with Crippen LogP contribution in [0.1, 0.15) is 47.7 Å². The molecule has 0 saturated carbocycles. The number of benzene rings is 1. The molecule has 3 aliphatic heterocycles. The maximum atomic E-state index is 13.1. The number of imide groups is 1. The van der Waals surface area contributed by atoms with E-state index >= 15 is 0 Å². The summed E-state index contributed by atoms with van der Waals surface area (Å²) in [6.45, 7) is 5.32. The minimum atomic E-state index is -0.562. The molecule has 3 N–H and O–H groups in total. The van der Waals surface area contributed by atoms with Crippen molar-refractivity contribution in [1.82, 2.24) is 20.9 Å². The lowest BCUT2D eigenvalue weighted by molar-refractivity contribution is -0.136. The first-order valence-corrected chi connectivity index (χ1v) is 9.74. The largest absolute Gasteiger partial charge is 0.322 e. The van der Waals surface area contributed by atoms with Crippen LogP contribution in [0.15, 0.2) is 18.2 Å². The monoisotopic (exact) mass is 370 g/mol. The van der Waals surface area contributed by atoms with Crippen molar-refractivity contribution in [2.75, 3.05) is 13.1 Å². The summed E-state index contributed by atoms with van der Waals surface area (Å²) in [5.74, 6) is -0.182. The lowest BCUT2D eigenvalue weighted by Gasteiger charge is -2.30. The first kappa shape index (κ1) is 18.1. The summed E-state index contributed by atoms with van der Waals surface area (Å²) in [6.07, 6.45) is 1.75. The maximum Gasteiger partial charge on any atom is 0.255 e. The lowest BCUT2D eigenvalue weighted by Crippen LogP contribution is -2.52. The topological polar surface area (TPSA) is 90.5 Å². The van der Waals surface area contributed by atoms with Crippen LogP contribution in [-0.2, 0) is 22.7 Å². The van der Waals surface area contributed by atoms with Crippen molar-refractivity contribution in [2.45, 2.75) is 51.4 Å². The van der Waals surface area contributed by atoms with E-state index < -0.39 is 6.04 Å². The predicted molar refractivity (Wildman–Crippen MR) is 99.8 cm³/mol. The van der Waals surface area contributed by atoms with Crippen molar-refractivity contribution < 1.29 is 14.4 Å². The Morgan fingerprint density at radius 1 is 1.22 bits per heavy atom. The Morgan fingerprint density at radius 3 is 2.85 bits per heavy atom. The average Bonchev–Trinajstić information content (AvgIpc) is 2.98. The highest BCUT2D eigenvalue weighted by atomic mass is 16.2. The van der Waals surface area contributed by atoms with Gasteiger partial charge in [-0.15, -0.1) is 0 Å². The fraction of sp³-hybridized carbons (Fsp3) is 0.550. The summed E-state index contributed by atoms with van der Waals surface area (Å²) >= 11 is 0. The van der Waals surface area contributed by atoms with Crippen LogP contribution < -0.4 is 16.0 Å². The van der Waals surface area contributed by atoms with Gasteiger partial charge in [-0.1, -0.05) is 25.1 Å². The number of rotatable bonds is 4. The van der Waals surface area contributed by atoms with Crippen LogP contribution in [0.3, 0.4) is 0 Å². The lowest BCUT2D eigenvalue weighted by atomic mass is 9.94. The Labute approximate surface area is 158 Å². The minimum Gasteiger partial charge on any atom is -0.322 e. The van der Waals surface area contributed by atoms with Crippen LogP contribution in [0.25, 0.3) is 0 Å². The zero-order valence-corrected chi connectivity index (χ0v) is 15.6. The summed E-state index contributed by atoms with van der Waals surface area (Å²) in [4.78, 5) is 38.3. The summed E-state index contributed by atoms with van der Waals surface area (Å²) in [5, 5.41) is 9.36. The molecule has 3 atom stereocenters. The second kappa shape index (κ2) is 7.40. The van der Waals surface area contributed by atoms with Gasteiger partial charge >= 0.3 is 0 Å². The van der Waals surface area contributed by atoms with Gasteiger partial charge in [0, 0.05) is 31.1 Å². The number of nitrogens with one attached hydrogen (secondary N) is 3. The molecule has 0 aliphatic carbocycles. The Bertz CT molecular complexity index is 778. The highest BCUT2D eigenvalue weighted by molar-refractivity contribution is 6.05. The fourth-order valence-corrected chi connectivity index (χ4v) is 4.40. The van der Waals surface area contributed by atoms with Gasteiger partial charge in [0.1, 0.15) is 6.04 Å². The summed E-state index contributed by atoms with van der Waals surface area (Å²) in [6, 6.07) is 5.79. The van der Waals surface area contributed by atoms with Crippen molar-refractivity contribution in [1.29, 1.82) is 0 Å². The highest BCUT2D eigenvalue weighted by Gasteiger charge is 2.40. The number of carbonyl (C=O) groups is 3. The third-order valence-corrected chi connectivity index (χ3v) is 5.98. The Balaban J connectivity index is 1.49. The second-order valence-electron chi connectivity index (χ2n) is 7.81. The van der Waals surface area contributed by atoms with Gasteiger partial charge < -0.3 is 15.5 Å². The van der Waals surface area contributed by atoms with Gasteiger partial charge in [-0.3, -0.25) is 19.7 Å². The van der Waals surface area contributed by atoms with E-state index in [1.165, 1.54) is 0 Å². The maximum absolute atomic E-state index is 13.1. The second-order valence-corrected chi connectivity index (χ2v) is 7.81. The first-order valence-electron chi connectivity index (χ1n) is 9.74. The highest BCUT2D eigenvalue weighted by Crippen LogP contribution is 2.30. The van der Waals surface area contributed by atoms with Crippen LogP contribution in [0.4, 0.5) is 0 Å². The Kier molecular flexibility index (Phi) is 4.97. The molecular weight excluding hydrogens is 344 g/mol. The van der Waals surface area contributed by atoms with Crippen LogP contribution >= 0.6 is 0 Å². The quantitative estimate of drug-likeness (QED) is 0.673. The molecule has 3 unspecified atom stereocenters. The molecule has 1 aromatic carbocycles. The molecule has 3 amide bonds. The van der Waals surface area contributed by atoms with Gasteiger partial charge in [0.15, 0.2) is 0 Å². The van der Waals surface area contributed by atoms with Crippen LogP contribution in [0.2, 0.25) is 0 Å². The predicted octanol–water partition coefficient (Wildman–Crippen LogP) is 0.535. The first-order chi connectivity index (χ1) is 13.0. The molecule has 0 radical (unpaired) electrons. The number of carbonyl (C=O) groups excluding carboxylic acids is 3. The molecule has 27 heavy (non-hydrogen) atoms. The molecule has 7 heteroatoms. The van der Waals surface area contributed by atoms with E-state index in [4.69, 9.17) is 0 Å².